The SMILES string of the molecule is CC(NC(=O)[C@H]1CNC[C@@H]1c1cnn(C)c1)c1ccc(Cl)cc1.Cl. The van der Waals surface area contributed by atoms with Gasteiger partial charge in [-0.3, -0.25) is 9.48 Å². The molecule has 0 saturated carbocycles. The molecule has 3 atom stereocenters. The molecule has 0 bridgehead atoms. The summed E-state index contributed by atoms with van der Waals surface area (Å²) in [6.07, 6.45) is 3.83. The summed E-state index contributed by atoms with van der Waals surface area (Å²) in [6.45, 7) is 3.49. The van der Waals surface area contributed by atoms with Crippen LogP contribution >= 0.6 is 24.0 Å². The second-order valence-electron chi connectivity index (χ2n) is 6.10. The van der Waals surface area contributed by atoms with E-state index in [-0.39, 0.29) is 36.2 Å². The van der Waals surface area contributed by atoms with Gasteiger partial charge >= 0.3 is 0 Å². The number of amides is 1. The lowest BCUT2D eigenvalue weighted by Crippen LogP contribution is -2.35. The van der Waals surface area contributed by atoms with E-state index >= 15 is 0 Å². The normalized spacial score (nSPS) is 21.1. The predicted molar refractivity (Wildman–Crippen MR) is 97.6 cm³/mol. The first-order valence-electron chi connectivity index (χ1n) is 7.79. The second-order valence-corrected chi connectivity index (χ2v) is 6.54. The molecule has 1 fully saturated rings. The van der Waals surface area contributed by atoms with E-state index in [1.165, 1.54) is 0 Å². The minimum Gasteiger partial charge on any atom is -0.349 e. The van der Waals surface area contributed by atoms with E-state index < -0.39 is 0 Å². The molecule has 1 unspecified atom stereocenters. The highest BCUT2D eigenvalue weighted by Gasteiger charge is 2.35. The number of carbonyl (C=O) groups excluding carboxylic acids is 1. The first-order valence-corrected chi connectivity index (χ1v) is 8.17. The third-order valence-electron chi connectivity index (χ3n) is 4.43. The molecule has 130 valence electrons. The molecule has 7 heteroatoms. The average Bonchev–Trinajstić information content (AvgIpc) is 3.16. The Kier molecular flexibility index (Phi) is 6.27. The maximum Gasteiger partial charge on any atom is 0.225 e. The van der Waals surface area contributed by atoms with Gasteiger partial charge in [0.15, 0.2) is 0 Å². The summed E-state index contributed by atoms with van der Waals surface area (Å²) in [5.41, 5.74) is 2.16. The zero-order chi connectivity index (χ0) is 16.4. The smallest absolute Gasteiger partial charge is 0.225 e. The Morgan fingerprint density at radius 3 is 2.71 bits per heavy atom. The van der Waals surface area contributed by atoms with Crippen molar-refractivity contribution in [2.45, 2.75) is 18.9 Å². The van der Waals surface area contributed by atoms with Crippen LogP contribution in [0.3, 0.4) is 0 Å². The molecule has 1 aromatic heterocycles. The maximum atomic E-state index is 12.7. The number of carbonyl (C=O) groups is 1. The fourth-order valence-corrected chi connectivity index (χ4v) is 3.22. The molecule has 1 aliphatic rings. The fraction of sp³-hybridized carbons (Fsp3) is 0.412. The van der Waals surface area contributed by atoms with Crippen LogP contribution in [0, 0.1) is 5.92 Å². The van der Waals surface area contributed by atoms with Gasteiger partial charge in [-0.05, 0) is 30.2 Å². The van der Waals surface area contributed by atoms with Gasteiger partial charge < -0.3 is 10.6 Å². The highest BCUT2D eigenvalue weighted by atomic mass is 35.5. The zero-order valence-corrected chi connectivity index (χ0v) is 15.3. The van der Waals surface area contributed by atoms with Gasteiger partial charge in [0.05, 0.1) is 18.2 Å². The Morgan fingerprint density at radius 1 is 1.38 bits per heavy atom. The molecule has 1 saturated heterocycles. The van der Waals surface area contributed by atoms with Crippen LogP contribution in [-0.2, 0) is 11.8 Å². The molecule has 1 amide bonds. The second kappa shape index (κ2) is 8.01. The lowest BCUT2D eigenvalue weighted by molar-refractivity contribution is -0.125. The third-order valence-corrected chi connectivity index (χ3v) is 4.68. The van der Waals surface area contributed by atoms with Crippen LogP contribution < -0.4 is 10.6 Å². The van der Waals surface area contributed by atoms with Crippen LogP contribution in [-0.4, -0.2) is 28.8 Å². The topological polar surface area (TPSA) is 59.0 Å². The van der Waals surface area contributed by atoms with Crippen molar-refractivity contribution in [1.82, 2.24) is 20.4 Å². The average molecular weight is 369 g/mol. The van der Waals surface area contributed by atoms with Crippen molar-refractivity contribution >= 4 is 29.9 Å². The summed E-state index contributed by atoms with van der Waals surface area (Å²) in [4.78, 5) is 12.7. The minimum atomic E-state index is -0.0750. The lowest BCUT2D eigenvalue weighted by atomic mass is 9.90. The van der Waals surface area contributed by atoms with Gasteiger partial charge in [0, 0.05) is 37.3 Å². The Labute approximate surface area is 153 Å². The van der Waals surface area contributed by atoms with Gasteiger partial charge in [-0.2, -0.15) is 5.10 Å². The van der Waals surface area contributed by atoms with Gasteiger partial charge in [-0.25, -0.2) is 0 Å². The van der Waals surface area contributed by atoms with Crippen molar-refractivity contribution in [2.24, 2.45) is 13.0 Å². The summed E-state index contributed by atoms with van der Waals surface area (Å²) in [5.74, 6) is 0.168. The number of rotatable bonds is 4. The van der Waals surface area contributed by atoms with E-state index in [0.29, 0.717) is 11.6 Å². The largest absolute Gasteiger partial charge is 0.349 e. The van der Waals surface area contributed by atoms with Crippen LogP contribution in [0.15, 0.2) is 36.7 Å². The van der Waals surface area contributed by atoms with Gasteiger partial charge in [0.25, 0.3) is 0 Å². The van der Waals surface area contributed by atoms with Gasteiger partial charge in [0.2, 0.25) is 5.91 Å². The standard InChI is InChI=1S/C17H21ClN4O.ClH/c1-11(12-3-5-14(18)6-4-12)21-17(23)16-9-19-8-15(16)13-7-20-22(2)10-13;/h3-7,10-11,15-16,19H,8-9H2,1-2H3,(H,21,23);1H/t11?,15-,16+;/m1./s1. The summed E-state index contributed by atoms with van der Waals surface area (Å²) >= 11 is 5.91. The summed E-state index contributed by atoms with van der Waals surface area (Å²) in [7, 11) is 1.89. The molecule has 1 aromatic carbocycles. The molecule has 1 aliphatic heterocycles. The highest BCUT2D eigenvalue weighted by molar-refractivity contribution is 6.30. The van der Waals surface area contributed by atoms with E-state index in [0.717, 1.165) is 17.7 Å². The number of hydrogen-bond donors (Lipinski definition) is 2. The fourth-order valence-electron chi connectivity index (χ4n) is 3.09. The van der Waals surface area contributed by atoms with Gasteiger partial charge in [-0.1, -0.05) is 23.7 Å². The number of halogens is 2. The first kappa shape index (κ1) is 18.8. The molecule has 0 spiro atoms. The van der Waals surface area contributed by atoms with Crippen molar-refractivity contribution in [1.29, 1.82) is 0 Å². The summed E-state index contributed by atoms with van der Waals surface area (Å²) < 4.78 is 1.78. The molecular weight excluding hydrogens is 347 g/mol. The molecule has 3 rings (SSSR count). The quantitative estimate of drug-likeness (QED) is 0.871. The van der Waals surface area contributed by atoms with E-state index in [1.54, 1.807) is 4.68 Å². The molecular formula is C17H22Cl2N4O. The zero-order valence-electron chi connectivity index (χ0n) is 13.7. The number of benzene rings is 1. The van der Waals surface area contributed by atoms with Crippen LogP contribution in [0.4, 0.5) is 0 Å². The molecule has 0 aliphatic carbocycles. The van der Waals surface area contributed by atoms with E-state index in [4.69, 9.17) is 11.6 Å². The van der Waals surface area contributed by atoms with Crippen LogP contribution in [0.1, 0.15) is 30.0 Å². The van der Waals surface area contributed by atoms with Gasteiger partial charge in [0.1, 0.15) is 0 Å². The number of nitrogens with zero attached hydrogens (tertiary/aromatic N) is 2. The number of hydrogen-bond acceptors (Lipinski definition) is 3. The number of nitrogens with one attached hydrogen (secondary N) is 2. The van der Waals surface area contributed by atoms with Gasteiger partial charge in [-0.15, -0.1) is 12.4 Å². The third kappa shape index (κ3) is 4.09. The monoisotopic (exact) mass is 368 g/mol. The molecule has 5 nitrogen and oxygen atoms in total. The minimum absolute atomic E-state index is 0. The molecule has 2 heterocycles. The first-order chi connectivity index (χ1) is 11.0. The van der Waals surface area contributed by atoms with E-state index in [1.807, 2.05) is 50.6 Å². The Morgan fingerprint density at radius 2 is 2.08 bits per heavy atom. The number of aromatic nitrogens is 2. The molecule has 24 heavy (non-hydrogen) atoms. The summed E-state index contributed by atoms with van der Waals surface area (Å²) in [6, 6.07) is 7.52. The van der Waals surface area contributed by atoms with E-state index in [2.05, 4.69) is 15.7 Å². The Balaban J connectivity index is 0.00000208. The predicted octanol–water partition coefficient (Wildman–Crippen LogP) is 2.68. The van der Waals surface area contributed by atoms with E-state index in [9.17, 15) is 4.79 Å². The van der Waals surface area contributed by atoms with Crippen molar-refractivity contribution in [3.05, 3.63) is 52.8 Å². The van der Waals surface area contributed by atoms with Crippen molar-refractivity contribution in [3.8, 4) is 0 Å². The lowest BCUT2D eigenvalue weighted by Gasteiger charge is -2.21. The molecule has 2 aromatic rings. The molecule has 0 radical (unpaired) electrons. The Hall–Kier alpha value is -1.56. The van der Waals surface area contributed by atoms with Crippen molar-refractivity contribution in [2.75, 3.05) is 13.1 Å². The highest BCUT2D eigenvalue weighted by Crippen LogP contribution is 2.28. The van der Waals surface area contributed by atoms with Crippen LogP contribution in [0.5, 0.6) is 0 Å². The summed E-state index contributed by atoms with van der Waals surface area (Å²) in [5, 5.41) is 11.3. The van der Waals surface area contributed by atoms with Crippen molar-refractivity contribution < 1.29 is 4.79 Å². The molecule has 2 N–H and O–H groups in total. The van der Waals surface area contributed by atoms with Crippen LogP contribution in [0.25, 0.3) is 0 Å². The number of aryl methyl sites for hydroxylation is 1. The maximum absolute atomic E-state index is 12.7. The van der Waals surface area contributed by atoms with Crippen molar-refractivity contribution in [3.63, 3.8) is 0 Å². The Bertz CT molecular complexity index is 686. The van der Waals surface area contributed by atoms with Crippen LogP contribution in [0.2, 0.25) is 5.02 Å².